The van der Waals surface area contributed by atoms with Crippen LogP contribution in [0.4, 0.5) is 5.69 Å². The van der Waals surface area contributed by atoms with Gasteiger partial charge >= 0.3 is 0 Å². The highest BCUT2D eigenvalue weighted by molar-refractivity contribution is 7.93. The first-order valence-electron chi connectivity index (χ1n) is 9.39. The van der Waals surface area contributed by atoms with Crippen molar-refractivity contribution in [1.29, 1.82) is 0 Å². The van der Waals surface area contributed by atoms with E-state index in [1.54, 1.807) is 13.2 Å². The Labute approximate surface area is 176 Å². The molecular formula is C21H23ClN3O3S+. The number of methoxy groups -OCH3 is 1. The quantitative estimate of drug-likeness (QED) is 0.581. The maximum atomic E-state index is 12.2. The standard InChI is InChI=1S/C21H23ClN3O3S/c1-16-13-24(15-23(16)14-17-4-6-18(22)7-5-17)20-9-8-19(12-21(20)28-2)25-10-3-11-29(25,26)27/h4-9,12-13,15H,3,10-11,14H2,1-2H3/q+1. The lowest BCUT2D eigenvalue weighted by molar-refractivity contribution is -0.595. The van der Waals surface area contributed by atoms with Crippen LogP contribution in [0, 0.1) is 6.92 Å². The van der Waals surface area contributed by atoms with Gasteiger partial charge in [0.1, 0.15) is 18.4 Å². The Balaban J connectivity index is 1.65. The molecule has 0 radical (unpaired) electrons. The second-order valence-electron chi connectivity index (χ2n) is 7.15. The summed E-state index contributed by atoms with van der Waals surface area (Å²) in [5.74, 6) is 0.816. The van der Waals surface area contributed by atoms with Crippen LogP contribution in [0.3, 0.4) is 0 Å². The molecule has 0 spiro atoms. The van der Waals surface area contributed by atoms with Gasteiger partial charge in [-0.1, -0.05) is 23.7 Å². The van der Waals surface area contributed by atoms with Crippen LogP contribution in [-0.4, -0.2) is 32.4 Å². The summed E-state index contributed by atoms with van der Waals surface area (Å²) in [4.78, 5) is 0. The van der Waals surface area contributed by atoms with Crippen molar-refractivity contribution in [3.63, 3.8) is 0 Å². The van der Waals surface area contributed by atoms with E-state index in [4.69, 9.17) is 16.3 Å². The van der Waals surface area contributed by atoms with E-state index in [1.165, 1.54) is 4.31 Å². The molecule has 29 heavy (non-hydrogen) atoms. The molecule has 8 heteroatoms. The third-order valence-corrected chi connectivity index (χ3v) is 7.26. The van der Waals surface area contributed by atoms with E-state index in [1.807, 2.05) is 60.4 Å². The molecule has 152 valence electrons. The summed E-state index contributed by atoms with van der Waals surface area (Å²) in [6, 6.07) is 13.3. The second-order valence-corrected chi connectivity index (χ2v) is 9.59. The lowest BCUT2D eigenvalue weighted by atomic mass is 10.2. The number of benzene rings is 2. The number of hydrogen-bond donors (Lipinski definition) is 0. The number of aromatic nitrogens is 2. The van der Waals surface area contributed by atoms with Crippen molar-refractivity contribution in [3.8, 4) is 11.4 Å². The Morgan fingerprint density at radius 1 is 1.17 bits per heavy atom. The van der Waals surface area contributed by atoms with E-state index in [9.17, 15) is 8.42 Å². The van der Waals surface area contributed by atoms with Gasteiger partial charge < -0.3 is 4.74 Å². The van der Waals surface area contributed by atoms with Gasteiger partial charge in [0.05, 0.1) is 18.6 Å². The molecular weight excluding hydrogens is 410 g/mol. The Morgan fingerprint density at radius 2 is 1.93 bits per heavy atom. The molecule has 3 aromatic rings. The molecule has 6 nitrogen and oxygen atoms in total. The normalized spacial score (nSPS) is 15.6. The van der Waals surface area contributed by atoms with Crippen LogP contribution >= 0.6 is 11.6 Å². The van der Waals surface area contributed by atoms with Crippen molar-refractivity contribution >= 4 is 27.3 Å². The summed E-state index contributed by atoms with van der Waals surface area (Å²) < 4.78 is 35.6. The largest absolute Gasteiger partial charge is 0.492 e. The van der Waals surface area contributed by atoms with E-state index in [2.05, 4.69) is 4.57 Å². The van der Waals surface area contributed by atoms with E-state index in [0.717, 1.165) is 28.5 Å². The fourth-order valence-electron chi connectivity index (χ4n) is 3.60. The van der Waals surface area contributed by atoms with Crippen LogP contribution in [0.5, 0.6) is 5.75 Å². The van der Waals surface area contributed by atoms with Crippen LogP contribution in [-0.2, 0) is 16.6 Å². The van der Waals surface area contributed by atoms with Gasteiger partial charge in [0.15, 0.2) is 11.4 Å². The highest BCUT2D eigenvalue weighted by Gasteiger charge is 2.29. The topological polar surface area (TPSA) is 55.4 Å². The predicted molar refractivity (Wildman–Crippen MR) is 114 cm³/mol. The van der Waals surface area contributed by atoms with E-state index < -0.39 is 10.0 Å². The molecule has 1 fully saturated rings. The average molecular weight is 433 g/mol. The van der Waals surface area contributed by atoms with Crippen LogP contribution in [0.15, 0.2) is 55.0 Å². The molecule has 1 aliphatic rings. The fourth-order valence-corrected chi connectivity index (χ4v) is 5.28. The van der Waals surface area contributed by atoms with Gasteiger partial charge in [0.25, 0.3) is 0 Å². The highest BCUT2D eigenvalue weighted by Crippen LogP contribution is 2.30. The minimum atomic E-state index is -3.23. The fraction of sp³-hybridized carbons (Fsp3) is 0.286. The molecule has 0 amide bonds. The van der Waals surface area contributed by atoms with E-state index in [-0.39, 0.29) is 5.75 Å². The molecule has 1 aromatic heterocycles. The maximum Gasteiger partial charge on any atom is 0.249 e. The number of anilines is 1. The summed E-state index contributed by atoms with van der Waals surface area (Å²) in [5, 5.41) is 0.720. The monoisotopic (exact) mass is 432 g/mol. The number of hydrogen-bond acceptors (Lipinski definition) is 3. The number of halogens is 1. The average Bonchev–Trinajstić information content (AvgIpc) is 3.24. The number of imidazole rings is 1. The third kappa shape index (κ3) is 3.97. The van der Waals surface area contributed by atoms with Crippen LogP contribution in [0.2, 0.25) is 5.02 Å². The van der Waals surface area contributed by atoms with Crippen molar-refractivity contribution in [3.05, 3.63) is 71.3 Å². The van der Waals surface area contributed by atoms with Crippen molar-refractivity contribution < 1.29 is 17.7 Å². The lowest BCUT2D eigenvalue weighted by Gasteiger charge is -2.18. The number of rotatable bonds is 5. The predicted octanol–water partition coefficient (Wildman–Crippen LogP) is 3.32. The van der Waals surface area contributed by atoms with Crippen LogP contribution < -0.4 is 13.6 Å². The van der Waals surface area contributed by atoms with Crippen molar-refractivity contribution in [2.75, 3.05) is 23.7 Å². The van der Waals surface area contributed by atoms with E-state index >= 15 is 0 Å². The minimum absolute atomic E-state index is 0.193. The molecule has 1 aliphatic heterocycles. The highest BCUT2D eigenvalue weighted by atomic mass is 35.5. The number of sulfonamides is 1. The molecule has 0 unspecified atom stereocenters. The first-order chi connectivity index (χ1) is 13.9. The van der Waals surface area contributed by atoms with Gasteiger partial charge in [-0.25, -0.2) is 13.0 Å². The zero-order valence-corrected chi connectivity index (χ0v) is 17.9. The minimum Gasteiger partial charge on any atom is -0.492 e. The number of aryl methyl sites for hydroxylation is 1. The lowest BCUT2D eigenvalue weighted by Crippen LogP contribution is -2.29. The van der Waals surface area contributed by atoms with Gasteiger partial charge in [-0.2, -0.15) is 4.57 Å². The summed E-state index contributed by atoms with van der Waals surface area (Å²) in [7, 11) is -1.63. The Bertz CT molecular complexity index is 1140. The molecule has 0 saturated carbocycles. The first kappa shape index (κ1) is 19.8. The van der Waals surface area contributed by atoms with Crippen molar-refractivity contribution in [2.45, 2.75) is 19.9 Å². The van der Waals surface area contributed by atoms with Gasteiger partial charge in [-0.3, -0.25) is 4.31 Å². The molecule has 4 rings (SSSR count). The molecule has 0 atom stereocenters. The van der Waals surface area contributed by atoms with Gasteiger partial charge in [-0.15, -0.1) is 0 Å². The summed E-state index contributed by atoms with van der Waals surface area (Å²) in [5.41, 5.74) is 3.74. The van der Waals surface area contributed by atoms with Crippen LogP contribution in [0.25, 0.3) is 5.69 Å². The zero-order chi connectivity index (χ0) is 20.6. The smallest absolute Gasteiger partial charge is 0.249 e. The van der Waals surface area contributed by atoms with Gasteiger partial charge in [0.2, 0.25) is 16.4 Å². The third-order valence-electron chi connectivity index (χ3n) is 5.14. The molecule has 0 bridgehead atoms. The Morgan fingerprint density at radius 3 is 2.59 bits per heavy atom. The summed E-state index contributed by atoms with van der Waals surface area (Å²) in [6.45, 7) is 3.28. The van der Waals surface area contributed by atoms with Gasteiger partial charge in [0, 0.05) is 24.6 Å². The second kappa shape index (κ2) is 7.72. The Kier molecular flexibility index (Phi) is 5.27. The van der Waals surface area contributed by atoms with Gasteiger partial charge in [-0.05, 0) is 36.2 Å². The summed E-state index contributed by atoms with van der Waals surface area (Å²) in [6.07, 6.45) is 4.68. The molecule has 1 saturated heterocycles. The molecule has 0 N–H and O–H groups in total. The summed E-state index contributed by atoms with van der Waals surface area (Å²) >= 11 is 5.98. The maximum absolute atomic E-state index is 12.2. The Hall–Kier alpha value is -2.51. The van der Waals surface area contributed by atoms with Crippen molar-refractivity contribution in [1.82, 2.24) is 4.57 Å². The first-order valence-corrected chi connectivity index (χ1v) is 11.4. The van der Waals surface area contributed by atoms with E-state index in [0.29, 0.717) is 24.4 Å². The molecule has 0 aliphatic carbocycles. The number of nitrogens with zero attached hydrogens (tertiary/aromatic N) is 3. The SMILES string of the molecule is COc1cc(N2CCCS2(=O)=O)ccc1-[n+]1cc(C)n(Cc2ccc(Cl)cc2)c1. The van der Waals surface area contributed by atoms with Crippen LogP contribution in [0.1, 0.15) is 17.7 Å². The molecule has 2 aromatic carbocycles. The molecule has 2 heterocycles. The van der Waals surface area contributed by atoms with Crippen molar-refractivity contribution in [2.24, 2.45) is 0 Å². The number of ether oxygens (including phenoxy) is 1. The zero-order valence-electron chi connectivity index (χ0n) is 16.4.